The first-order valence-electron chi connectivity index (χ1n) is 9.56. The van der Waals surface area contributed by atoms with Gasteiger partial charge < -0.3 is 14.6 Å². The first-order chi connectivity index (χ1) is 14.1. The zero-order valence-corrected chi connectivity index (χ0v) is 16.1. The summed E-state index contributed by atoms with van der Waals surface area (Å²) in [5.41, 5.74) is 2.20. The number of ether oxygens (including phenoxy) is 1. The monoisotopic (exact) mass is 395 g/mol. The molecule has 0 unspecified atom stereocenters. The summed E-state index contributed by atoms with van der Waals surface area (Å²) < 4.78 is 20.5. The quantitative estimate of drug-likeness (QED) is 0.689. The van der Waals surface area contributed by atoms with Gasteiger partial charge in [0, 0.05) is 25.2 Å². The minimum absolute atomic E-state index is 0.0577. The summed E-state index contributed by atoms with van der Waals surface area (Å²) in [5.74, 6) is -0.416. The Hall–Kier alpha value is -3.35. The number of carbonyl (C=O) groups is 1. The minimum Gasteiger partial charge on any atom is -0.494 e. The van der Waals surface area contributed by atoms with E-state index in [2.05, 4.69) is 4.98 Å². The van der Waals surface area contributed by atoms with Crippen LogP contribution < -0.4 is 10.4 Å². The topological polar surface area (TPSA) is 67.3 Å². The van der Waals surface area contributed by atoms with Gasteiger partial charge in [0.15, 0.2) is 11.6 Å². The number of methoxy groups -OCH3 is 1. The Bertz CT molecular complexity index is 1120. The van der Waals surface area contributed by atoms with Crippen molar-refractivity contribution in [1.29, 1.82) is 0 Å². The van der Waals surface area contributed by atoms with Gasteiger partial charge in [-0.05, 0) is 48.7 Å². The average Bonchev–Trinajstić information content (AvgIpc) is 3.08. The first-order valence-corrected chi connectivity index (χ1v) is 9.56. The molecule has 0 bridgehead atoms. The van der Waals surface area contributed by atoms with Gasteiger partial charge in [0.1, 0.15) is 0 Å². The van der Waals surface area contributed by atoms with Crippen LogP contribution in [0.3, 0.4) is 0 Å². The number of nitrogens with one attached hydrogen (secondary N) is 1. The number of aromatic nitrogens is 2. The second kappa shape index (κ2) is 7.95. The number of rotatable bonds is 4. The van der Waals surface area contributed by atoms with Crippen LogP contribution >= 0.6 is 0 Å². The number of carbonyl (C=O) groups excluding carboxylic acids is 1. The summed E-state index contributed by atoms with van der Waals surface area (Å²) in [6.45, 7) is 1.13. The fraction of sp³-hybridized carbons (Fsp3) is 0.273. The lowest BCUT2D eigenvalue weighted by molar-refractivity contribution is -0.127. The van der Waals surface area contributed by atoms with Crippen LogP contribution in [0.4, 0.5) is 4.39 Å². The van der Waals surface area contributed by atoms with Crippen LogP contribution in [0.25, 0.3) is 17.1 Å². The van der Waals surface area contributed by atoms with E-state index in [-0.39, 0.29) is 23.4 Å². The number of imidazole rings is 1. The molecule has 0 aliphatic carbocycles. The van der Waals surface area contributed by atoms with Gasteiger partial charge in [-0.15, -0.1) is 0 Å². The molecule has 2 aromatic carbocycles. The lowest BCUT2D eigenvalue weighted by Crippen LogP contribution is -2.39. The van der Waals surface area contributed by atoms with Crippen LogP contribution in [0, 0.1) is 5.82 Å². The van der Waals surface area contributed by atoms with Crippen molar-refractivity contribution in [2.75, 3.05) is 20.2 Å². The van der Waals surface area contributed by atoms with Crippen LogP contribution in [-0.4, -0.2) is 40.6 Å². The number of benzene rings is 2. The number of aromatic amines is 1. The molecule has 2 heterocycles. The number of fused-ring (bicyclic) bond motifs is 1. The Morgan fingerprint density at radius 1 is 1.21 bits per heavy atom. The third kappa shape index (κ3) is 3.81. The highest BCUT2D eigenvalue weighted by Crippen LogP contribution is 2.25. The fourth-order valence-corrected chi connectivity index (χ4v) is 3.84. The third-order valence-electron chi connectivity index (χ3n) is 5.36. The van der Waals surface area contributed by atoms with E-state index in [1.807, 2.05) is 24.3 Å². The van der Waals surface area contributed by atoms with Gasteiger partial charge in [0.05, 0.1) is 18.1 Å². The standard InChI is InChI=1S/C22H22FN3O3/c1-29-20-8-6-15(14-17(20)23)7-9-21(27)25-12-10-16(11-13-25)26-19-5-3-2-4-18(19)24-22(26)28/h2-9,14,16H,10-13H2,1H3,(H,24,28)/b9-7+. The Labute approximate surface area is 167 Å². The van der Waals surface area contributed by atoms with E-state index in [0.717, 1.165) is 11.0 Å². The summed E-state index contributed by atoms with van der Waals surface area (Å²) in [6, 6.07) is 12.2. The summed E-state index contributed by atoms with van der Waals surface area (Å²) in [6.07, 6.45) is 4.47. The van der Waals surface area contributed by atoms with Crippen molar-refractivity contribution >= 4 is 23.0 Å². The molecule has 1 saturated heterocycles. The van der Waals surface area contributed by atoms with E-state index < -0.39 is 5.82 Å². The smallest absolute Gasteiger partial charge is 0.326 e. The number of nitrogens with zero attached hydrogens (tertiary/aromatic N) is 2. The van der Waals surface area contributed by atoms with Gasteiger partial charge in [-0.3, -0.25) is 9.36 Å². The van der Waals surface area contributed by atoms with Crippen molar-refractivity contribution < 1.29 is 13.9 Å². The number of hydrogen-bond acceptors (Lipinski definition) is 3. The van der Waals surface area contributed by atoms with Gasteiger partial charge in [0.25, 0.3) is 0 Å². The molecule has 29 heavy (non-hydrogen) atoms. The number of amides is 1. The average molecular weight is 395 g/mol. The molecule has 1 N–H and O–H groups in total. The second-order valence-corrected chi connectivity index (χ2v) is 7.10. The number of para-hydroxylation sites is 2. The number of likely N-dealkylation sites (tertiary alicyclic amines) is 1. The molecule has 4 rings (SSSR count). The fourth-order valence-electron chi connectivity index (χ4n) is 3.84. The summed E-state index contributed by atoms with van der Waals surface area (Å²) in [5, 5.41) is 0. The molecule has 1 aromatic heterocycles. The van der Waals surface area contributed by atoms with Crippen LogP contribution in [0.1, 0.15) is 24.4 Å². The zero-order chi connectivity index (χ0) is 20.4. The molecule has 1 fully saturated rings. The molecular formula is C22H22FN3O3. The largest absolute Gasteiger partial charge is 0.494 e. The first kappa shape index (κ1) is 19.0. The van der Waals surface area contributed by atoms with Crippen molar-refractivity contribution in [2.45, 2.75) is 18.9 Å². The molecule has 1 amide bonds. The van der Waals surface area contributed by atoms with Gasteiger partial charge >= 0.3 is 5.69 Å². The second-order valence-electron chi connectivity index (χ2n) is 7.10. The SMILES string of the molecule is COc1ccc(/C=C/C(=O)N2CCC(n3c(=O)[nH]c4ccccc43)CC2)cc1F. The Balaban J connectivity index is 1.41. The van der Waals surface area contributed by atoms with Crippen molar-refractivity contribution in [3.05, 3.63) is 70.4 Å². The Morgan fingerprint density at radius 2 is 1.97 bits per heavy atom. The molecule has 0 saturated carbocycles. The highest BCUT2D eigenvalue weighted by Gasteiger charge is 2.25. The highest BCUT2D eigenvalue weighted by molar-refractivity contribution is 5.91. The number of hydrogen-bond donors (Lipinski definition) is 1. The van der Waals surface area contributed by atoms with Gasteiger partial charge in [-0.25, -0.2) is 9.18 Å². The Kier molecular flexibility index (Phi) is 5.20. The molecule has 3 aromatic rings. The van der Waals surface area contributed by atoms with E-state index >= 15 is 0 Å². The van der Waals surface area contributed by atoms with Crippen LogP contribution in [-0.2, 0) is 4.79 Å². The number of halogens is 1. The van der Waals surface area contributed by atoms with E-state index in [0.29, 0.717) is 31.5 Å². The van der Waals surface area contributed by atoms with E-state index in [1.54, 1.807) is 21.6 Å². The van der Waals surface area contributed by atoms with Gasteiger partial charge in [-0.2, -0.15) is 0 Å². The van der Waals surface area contributed by atoms with Crippen LogP contribution in [0.5, 0.6) is 5.75 Å². The Morgan fingerprint density at radius 3 is 2.69 bits per heavy atom. The molecule has 1 aliphatic heterocycles. The van der Waals surface area contributed by atoms with Crippen molar-refractivity contribution in [3.63, 3.8) is 0 Å². The van der Waals surface area contributed by atoms with Crippen molar-refractivity contribution in [2.24, 2.45) is 0 Å². The third-order valence-corrected chi connectivity index (χ3v) is 5.36. The van der Waals surface area contributed by atoms with Gasteiger partial charge in [0.2, 0.25) is 5.91 Å². The molecule has 0 spiro atoms. The lowest BCUT2D eigenvalue weighted by atomic mass is 10.0. The lowest BCUT2D eigenvalue weighted by Gasteiger charge is -2.32. The summed E-state index contributed by atoms with van der Waals surface area (Å²) >= 11 is 0. The minimum atomic E-state index is -0.466. The molecule has 0 radical (unpaired) electrons. The predicted molar refractivity (Wildman–Crippen MR) is 109 cm³/mol. The molecule has 1 aliphatic rings. The zero-order valence-electron chi connectivity index (χ0n) is 16.1. The maximum atomic E-state index is 13.8. The maximum absolute atomic E-state index is 13.8. The van der Waals surface area contributed by atoms with E-state index in [9.17, 15) is 14.0 Å². The highest BCUT2D eigenvalue weighted by atomic mass is 19.1. The number of piperidine rings is 1. The summed E-state index contributed by atoms with van der Waals surface area (Å²) in [4.78, 5) is 29.5. The predicted octanol–water partition coefficient (Wildman–Crippen LogP) is 3.35. The van der Waals surface area contributed by atoms with Gasteiger partial charge in [-0.1, -0.05) is 18.2 Å². The molecule has 6 nitrogen and oxygen atoms in total. The van der Waals surface area contributed by atoms with E-state index in [4.69, 9.17) is 4.74 Å². The van der Waals surface area contributed by atoms with Crippen LogP contribution in [0.2, 0.25) is 0 Å². The van der Waals surface area contributed by atoms with Crippen molar-refractivity contribution in [3.8, 4) is 5.75 Å². The maximum Gasteiger partial charge on any atom is 0.326 e. The molecule has 0 atom stereocenters. The van der Waals surface area contributed by atoms with E-state index in [1.165, 1.54) is 25.3 Å². The van der Waals surface area contributed by atoms with Crippen molar-refractivity contribution in [1.82, 2.24) is 14.5 Å². The van der Waals surface area contributed by atoms with Crippen LogP contribution in [0.15, 0.2) is 53.3 Å². The number of H-pyrrole nitrogens is 1. The normalized spacial score (nSPS) is 15.3. The molecular weight excluding hydrogens is 373 g/mol. The molecule has 150 valence electrons. The summed E-state index contributed by atoms with van der Waals surface area (Å²) in [7, 11) is 1.41. The molecule has 7 heteroatoms.